The standard InChI is InChI=1S/C13H24N2O4/c1-8-13(5,6-7-19-8)15-11(18)14-9(10(16)17)12(2,3)4/h8-9H,6-7H2,1-5H3,(H,16,17)(H2,14,15,18)/t8?,9-,13?/m1/s1. The number of ether oxygens (including phenoxy) is 1. The zero-order valence-corrected chi connectivity index (χ0v) is 12.2. The third kappa shape index (κ3) is 3.83. The maximum atomic E-state index is 12.0. The molecular weight excluding hydrogens is 248 g/mol. The summed E-state index contributed by atoms with van der Waals surface area (Å²) in [5.41, 5.74) is -1.01. The van der Waals surface area contributed by atoms with Crippen LogP contribution in [0, 0.1) is 5.41 Å². The Labute approximate surface area is 113 Å². The fourth-order valence-electron chi connectivity index (χ4n) is 2.07. The molecule has 1 aliphatic heterocycles. The van der Waals surface area contributed by atoms with Gasteiger partial charge < -0.3 is 20.5 Å². The average molecular weight is 272 g/mol. The van der Waals surface area contributed by atoms with Gasteiger partial charge >= 0.3 is 12.0 Å². The van der Waals surface area contributed by atoms with Crippen LogP contribution in [0.3, 0.4) is 0 Å². The third-order valence-corrected chi connectivity index (χ3v) is 3.67. The lowest BCUT2D eigenvalue weighted by atomic mass is 9.87. The number of rotatable bonds is 3. The number of hydrogen-bond acceptors (Lipinski definition) is 3. The Morgan fingerprint density at radius 3 is 2.37 bits per heavy atom. The molecule has 0 bridgehead atoms. The van der Waals surface area contributed by atoms with E-state index in [4.69, 9.17) is 9.84 Å². The lowest BCUT2D eigenvalue weighted by molar-refractivity contribution is -0.141. The molecule has 0 aromatic heterocycles. The maximum Gasteiger partial charge on any atom is 0.326 e. The molecule has 19 heavy (non-hydrogen) atoms. The van der Waals surface area contributed by atoms with E-state index >= 15 is 0 Å². The summed E-state index contributed by atoms with van der Waals surface area (Å²) in [5, 5.41) is 14.5. The number of carboxylic acids is 1. The van der Waals surface area contributed by atoms with E-state index in [1.54, 1.807) is 20.8 Å². The van der Waals surface area contributed by atoms with Gasteiger partial charge in [0.15, 0.2) is 0 Å². The minimum absolute atomic E-state index is 0.0869. The van der Waals surface area contributed by atoms with Crippen molar-refractivity contribution in [1.29, 1.82) is 0 Å². The lowest BCUT2D eigenvalue weighted by Crippen LogP contribution is -2.58. The molecule has 0 radical (unpaired) electrons. The van der Waals surface area contributed by atoms with Gasteiger partial charge in [0.25, 0.3) is 0 Å². The van der Waals surface area contributed by atoms with Gasteiger partial charge in [0.1, 0.15) is 6.04 Å². The molecule has 1 aliphatic rings. The highest BCUT2D eigenvalue weighted by atomic mass is 16.5. The van der Waals surface area contributed by atoms with E-state index < -0.39 is 29.0 Å². The quantitative estimate of drug-likeness (QED) is 0.723. The molecule has 0 aromatic carbocycles. The van der Waals surface area contributed by atoms with Crippen molar-refractivity contribution < 1.29 is 19.4 Å². The van der Waals surface area contributed by atoms with E-state index in [0.717, 1.165) is 6.42 Å². The molecule has 110 valence electrons. The summed E-state index contributed by atoms with van der Waals surface area (Å²) in [6, 6.07) is -1.41. The van der Waals surface area contributed by atoms with Crippen LogP contribution >= 0.6 is 0 Å². The summed E-state index contributed by atoms with van der Waals surface area (Å²) >= 11 is 0. The van der Waals surface area contributed by atoms with E-state index in [1.807, 2.05) is 13.8 Å². The van der Waals surface area contributed by atoms with Crippen LogP contribution < -0.4 is 10.6 Å². The largest absolute Gasteiger partial charge is 0.480 e. The molecule has 0 aromatic rings. The van der Waals surface area contributed by atoms with Crippen molar-refractivity contribution in [1.82, 2.24) is 10.6 Å². The molecule has 2 amide bonds. The monoisotopic (exact) mass is 272 g/mol. The van der Waals surface area contributed by atoms with Crippen molar-refractivity contribution in [3.8, 4) is 0 Å². The summed E-state index contributed by atoms with van der Waals surface area (Å²) in [6.07, 6.45) is 0.630. The Morgan fingerprint density at radius 1 is 1.42 bits per heavy atom. The van der Waals surface area contributed by atoms with E-state index in [2.05, 4.69) is 10.6 Å². The van der Waals surface area contributed by atoms with Crippen molar-refractivity contribution in [2.75, 3.05) is 6.61 Å². The van der Waals surface area contributed by atoms with Crippen LogP contribution in [0.15, 0.2) is 0 Å². The summed E-state index contributed by atoms with van der Waals surface area (Å²) in [5.74, 6) is -1.04. The number of carbonyl (C=O) groups is 2. The zero-order valence-electron chi connectivity index (χ0n) is 12.2. The highest BCUT2D eigenvalue weighted by Crippen LogP contribution is 2.25. The molecule has 1 rings (SSSR count). The van der Waals surface area contributed by atoms with Gasteiger partial charge in [-0.05, 0) is 25.7 Å². The van der Waals surface area contributed by atoms with Crippen molar-refractivity contribution in [3.05, 3.63) is 0 Å². The van der Waals surface area contributed by atoms with Gasteiger partial charge in [-0.1, -0.05) is 20.8 Å². The second-order valence-electron chi connectivity index (χ2n) is 6.42. The number of urea groups is 1. The summed E-state index contributed by atoms with van der Waals surface area (Å²) in [7, 11) is 0. The van der Waals surface area contributed by atoms with Gasteiger partial charge in [-0.3, -0.25) is 0 Å². The maximum absolute atomic E-state index is 12.0. The lowest BCUT2D eigenvalue weighted by Gasteiger charge is -2.32. The molecule has 0 spiro atoms. The van der Waals surface area contributed by atoms with Crippen molar-refractivity contribution >= 4 is 12.0 Å². The number of aliphatic carboxylic acids is 1. The molecule has 0 saturated carbocycles. The van der Waals surface area contributed by atoms with E-state index in [-0.39, 0.29) is 6.10 Å². The Balaban J connectivity index is 2.66. The van der Waals surface area contributed by atoms with E-state index in [1.165, 1.54) is 0 Å². The Kier molecular flexibility index (Phi) is 4.45. The van der Waals surface area contributed by atoms with Gasteiger partial charge in [-0.25, -0.2) is 9.59 Å². The predicted molar refractivity (Wildman–Crippen MR) is 71.0 cm³/mol. The molecule has 1 heterocycles. The molecule has 3 N–H and O–H groups in total. The number of carbonyl (C=O) groups excluding carboxylic acids is 1. The minimum atomic E-state index is -1.04. The van der Waals surface area contributed by atoms with Crippen LogP contribution in [0.1, 0.15) is 41.0 Å². The third-order valence-electron chi connectivity index (χ3n) is 3.67. The normalized spacial score (nSPS) is 28.8. The SMILES string of the molecule is CC1OCCC1(C)NC(=O)N[C@H](C(=O)O)C(C)(C)C. The Morgan fingerprint density at radius 2 is 2.00 bits per heavy atom. The highest BCUT2D eigenvalue weighted by Gasteiger charge is 2.40. The smallest absolute Gasteiger partial charge is 0.326 e. The summed E-state index contributed by atoms with van der Waals surface area (Å²) in [4.78, 5) is 23.2. The highest BCUT2D eigenvalue weighted by molar-refractivity contribution is 5.83. The van der Waals surface area contributed by atoms with Gasteiger partial charge in [-0.15, -0.1) is 0 Å². The van der Waals surface area contributed by atoms with Gasteiger partial charge in [0.2, 0.25) is 0 Å². The molecule has 6 nitrogen and oxygen atoms in total. The van der Waals surface area contributed by atoms with Gasteiger partial charge in [-0.2, -0.15) is 0 Å². The fourth-order valence-corrected chi connectivity index (χ4v) is 2.07. The van der Waals surface area contributed by atoms with E-state index in [9.17, 15) is 9.59 Å². The number of carboxylic acid groups (broad SMARTS) is 1. The van der Waals surface area contributed by atoms with Gasteiger partial charge in [0.05, 0.1) is 11.6 Å². The number of amides is 2. The van der Waals surface area contributed by atoms with Crippen LogP contribution in [-0.2, 0) is 9.53 Å². The molecule has 1 fully saturated rings. The number of nitrogens with one attached hydrogen (secondary N) is 2. The molecule has 0 aliphatic carbocycles. The van der Waals surface area contributed by atoms with Crippen LogP contribution in [0.2, 0.25) is 0 Å². The fraction of sp³-hybridized carbons (Fsp3) is 0.846. The molecule has 6 heteroatoms. The van der Waals surface area contributed by atoms with Crippen LogP contribution in [0.25, 0.3) is 0 Å². The first kappa shape index (κ1) is 15.8. The van der Waals surface area contributed by atoms with Crippen LogP contribution in [-0.4, -0.2) is 41.4 Å². The first-order chi connectivity index (χ1) is 8.56. The first-order valence-corrected chi connectivity index (χ1v) is 6.49. The van der Waals surface area contributed by atoms with Crippen LogP contribution in [0.4, 0.5) is 4.79 Å². The van der Waals surface area contributed by atoms with Gasteiger partial charge in [0, 0.05) is 6.61 Å². The zero-order chi connectivity index (χ0) is 14.8. The molecule has 3 atom stereocenters. The predicted octanol–water partition coefficient (Wildman–Crippen LogP) is 1.35. The molecule has 1 saturated heterocycles. The summed E-state index contributed by atoms with van der Waals surface area (Å²) < 4.78 is 5.43. The second-order valence-corrected chi connectivity index (χ2v) is 6.42. The average Bonchev–Trinajstić information content (AvgIpc) is 2.53. The second kappa shape index (κ2) is 5.36. The Bertz CT molecular complexity index is 364. The number of hydrogen-bond donors (Lipinski definition) is 3. The van der Waals surface area contributed by atoms with Crippen LogP contribution in [0.5, 0.6) is 0 Å². The topological polar surface area (TPSA) is 87.7 Å². The Hall–Kier alpha value is -1.30. The molecule has 2 unspecified atom stereocenters. The summed E-state index contributed by atoms with van der Waals surface area (Å²) in [6.45, 7) is 9.71. The first-order valence-electron chi connectivity index (χ1n) is 6.49. The van der Waals surface area contributed by atoms with E-state index in [0.29, 0.717) is 6.61 Å². The van der Waals surface area contributed by atoms with Crippen molar-refractivity contribution in [2.45, 2.75) is 58.7 Å². The van der Waals surface area contributed by atoms with Crippen molar-refractivity contribution in [3.63, 3.8) is 0 Å². The minimum Gasteiger partial charge on any atom is -0.480 e. The van der Waals surface area contributed by atoms with Crippen molar-refractivity contribution in [2.24, 2.45) is 5.41 Å². The molecular formula is C13H24N2O4.